The van der Waals surface area contributed by atoms with Gasteiger partial charge in [-0.05, 0) is 45.7 Å². The molecule has 7 heteroatoms. The molecule has 1 amide bonds. The average molecular weight is 388 g/mol. The van der Waals surface area contributed by atoms with Gasteiger partial charge in [0.05, 0.1) is 24.8 Å². The molecule has 0 bridgehead atoms. The number of rotatable bonds is 3. The predicted octanol–water partition coefficient (Wildman–Crippen LogP) is 2.40. The van der Waals surface area contributed by atoms with Crippen molar-refractivity contribution in [1.82, 2.24) is 0 Å². The van der Waals surface area contributed by atoms with Gasteiger partial charge < -0.3 is 14.5 Å². The van der Waals surface area contributed by atoms with Crippen molar-refractivity contribution < 1.29 is 14.3 Å². The molecule has 3 rings (SSSR count). The van der Waals surface area contributed by atoms with Gasteiger partial charge in [0.15, 0.2) is 0 Å². The van der Waals surface area contributed by atoms with Gasteiger partial charge in [0.1, 0.15) is 0 Å². The first-order valence-electron chi connectivity index (χ1n) is 7.18. The number of ether oxygens (including phenoxy) is 1. The first kappa shape index (κ1) is 15.8. The van der Waals surface area contributed by atoms with Crippen LogP contribution < -0.4 is 9.80 Å². The molecular formula is C15H16BrClN2O3. The van der Waals surface area contributed by atoms with E-state index in [0.717, 1.165) is 42.2 Å². The van der Waals surface area contributed by atoms with E-state index in [2.05, 4.69) is 20.8 Å². The highest BCUT2D eigenvalue weighted by molar-refractivity contribution is 9.10. The number of nitrogens with zero attached hydrogens (tertiary/aromatic N) is 2. The zero-order chi connectivity index (χ0) is 15.7. The summed E-state index contributed by atoms with van der Waals surface area (Å²) in [6, 6.07) is 5.83. The van der Waals surface area contributed by atoms with Crippen LogP contribution in [0.15, 0.2) is 22.7 Å². The van der Waals surface area contributed by atoms with Crippen LogP contribution in [0.4, 0.5) is 11.4 Å². The predicted molar refractivity (Wildman–Crippen MR) is 88.5 cm³/mol. The third kappa shape index (κ3) is 3.14. The summed E-state index contributed by atoms with van der Waals surface area (Å²) in [5.41, 5.74) is 1.87. The molecule has 2 aliphatic heterocycles. The van der Waals surface area contributed by atoms with E-state index < -0.39 is 11.2 Å². The second-order valence-electron chi connectivity index (χ2n) is 5.44. The highest BCUT2D eigenvalue weighted by Crippen LogP contribution is 2.34. The van der Waals surface area contributed by atoms with Crippen molar-refractivity contribution in [2.24, 2.45) is 5.92 Å². The number of hydrogen-bond acceptors (Lipinski definition) is 4. The number of hydrogen-bond donors (Lipinski definition) is 0. The van der Waals surface area contributed by atoms with Gasteiger partial charge in [0, 0.05) is 36.2 Å². The van der Waals surface area contributed by atoms with E-state index in [9.17, 15) is 9.59 Å². The van der Waals surface area contributed by atoms with Crippen molar-refractivity contribution in [3.8, 4) is 0 Å². The van der Waals surface area contributed by atoms with E-state index >= 15 is 0 Å². The van der Waals surface area contributed by atoms with E-state index in [-0.39, 0.29) is 12.3 Å². The molecule has 0 unspecified atom stereocenters. The molecule has 0 aliphatic carbocycles. The topological polar surface area (TPSA) is 49.9 Å². The van der Waals surface area contributed by atoms with Gasteiger partial charge in [0.2, 0.25) is 11.1 Å². The summed E-state index contributed by atoms with van der Waals surface area (Å²) in [7, 11) is 0. The van der Waals surface area contributed by atoms with Gasteiger partial charge in [-0.25, -0.2) is 0 Å². The Balaban J connectivity index is 1.80. The number of carbonyl (C=O) groups is 2. The molecule has 2 fully saturated rings. The molecule has 1 atom stereocenters. The number of halogens is 2. The summed E-state index contributed by atoms with van der Waals surface area (Å²) in [6.07, 6.45) is 0.186. The molecule has 0 saturated carbocycles. The molecule has 0 aromatic heterocycles. The number of amides is 1. The number of benzene rings is 1. The normalized spacial score (nSPS) is 22.3. The molecule has 22 heavy (non-hydrogen) atoms. The Kier molecular flexibility index (Phi) is 4.70. The maximum Gasteiger partial charge on any atom is 0.227 e. The van der Waals surface area contributed by atoms with Gasteiger partial charge in [0.25, 0.3) is 0 Å². The smallest absolute Gasteiger partial charge is 0.227 e. The van der Waals surface area contributed by atoms with Crippen molar-refractivity contribution in [3.05, 3.63) is 22.7 Å². The van der Waals surface area contributed by atoms with Crippen LogP contribution in [-0.4, -0.2) is 44.0 Å². The van der Waals surface area contributed by atoms with Crippen LogP contribution in [0.1, 0.15) is 6.42 Å². The van der Waals surface area contributed by atoms with Crippen LogP contribution in [0.3, 0.4) is 0 Å². The van der Waals surface area contributed by atoms with Crippen LogP contribution in [0, 0.1) is 5.92 Å². The van der Waals surface area contributed by atoms with Gasteiger partial charge in [-0.2, -0.15) is 0 Å². The maximum atomic E-state index is 12.1. The van der Waals surface area contributed by atoms with E-state index in [4.69, 9.17) is 16.3 Å². The van der Waals surface area contributed by atoms with Gasteiger partial charge >= 0.3 is 0 Å². The molecule has 0 radical (unpaired) electrons. The Morgan fingerprint density at radius 2 is 2.05 bits per heavy atom. The fourth-order valence-corrected chi connectivity index (χ4v) is 3.60. The third-order valence-corrected chi connectivity index (χ3v) is 4.98. The van der Waals surface area contributed by atoms with Crippen LogP contribution in [0.5, 0.6) is 0 Å². The largest absolute Gasteiger partial charge is 0.378 e. The molecule has 1 aromatic rings. The van der Waals surface area contributed by atoms with Crippen LogP contribution in [0.2, 0.25) is 0 Å². The Hall–Kier alpha value is -1.11. The summed E-state index contributed by atoms with van der Waals surface area (Å²) >= 11 is 9.09. The van der Waals surface area contributed by atoms with E-state index in [1.807, 2.05) is 18.2 Å². The first-order valence-corrected chi connectivity index (χ1v) is 8.35. The fourth-order valence-electron chi connectivity index (χ4n) is 2.83. The Morgan fingerprint density at radius 3 is 2.64 bits per heavy atom. The highest BCUT2D eigenvalue weighted by Gasteiger charge is 2.34. The Labute approximate surface area is 142 Å². The van der Waals surface area contributed by atoms with Crippen molar-refractivity contribution in [2.45, 2.75) is 6.42 Å². The monoisotopic (exact) mass is 386 g/mol. The number of anilines is 2. The molecule has 118 valence electrons. The lowest BCUT2D eigenvalue weighted by atomic mass is 10.1. The molecule has 2 aliphatic rings. The molecular weight excluding hydrogens is 372 g/mol. The van der Waals surface area contributed by atoms with Crippen LogP contribution in [-0.2, 0) is 14.3 Å². The van der Waals surface area contributed by atoms with E-state index in [0.29, 0.717) is 6.54 Å². The minimum absolute atomic E-state index is 0.0648. The number of morpholine rings is 1. The Morgan fingerprint density at radius 1 is 1.32 bits per heavy atom. The SMILES string of the molecule is O=C(Cl)[C@H]1CC(=O)N(c2ccc(N3CCOCC3)c(Br)c2)C1. The molecule has 5 nitrogen and oxygen atoms in total. The quantitative estimate of drug-likeness (QED) is 0.747. The fraction of sp³-hybridized carbons (Fsp3) is 0.467. The summed E-state index contributed by atoms with van der Waals surface area (Å²) in [4.78, 5) is 27.2. The second kappa shape index (κ2) is 6.56. The van der Waals surface area contributed by atoms with Gasteiger partial charge in [-0.15, -0.1) is 0 Å². The molecule has 2 saturated heterocycles. The van der Waals surface area contributed by atoms with Gasteiger partial charge in [-0.1, -0.05) is 0 Å². The summed E-state index contributed by atoms with van der Waals surface area (Å²) < 4.78 is 6.29. The lowest BCUT2D eigenvalue weighted by Gasteiger charge is -2.30. The maximum absolute atomic E-state index is 12.1. The molecule has 0 spiro atoms. The molecule has 0 N–H and O–H groups in total. The minimum atomic E-state index is -0.445. The van der Waals surface area contributed by atoms with Crippen molar-refractivity contribution in [3.63, 3.8) is 0 Å². The Bertz CT molecular complexity index is 604. The van der Waals surface area contributed by atoms with Crippen molar-refractivity contribution >= 4 is 50.1 Å². The van der Waals surface area contributed by atoms with Gasteiger partial charge in [-0.3, -0.25) is 9.59 Å². The summed E-state index contributed by atoms with van der Waals surface area (Å²) in [6.45, 7) is 3.49. The molecule has 1 aromatic carbocycles. The summed E-state index contributed by atoms with van der Waals surface area (Å²) in [5, 5.41) is -0.445. The lowest BCUT2D eigenvalue weighted by molar-refractivity contribution is -0.120. The van der Waals surface area contributed by atoms with Crippen molar-refractivity contribution in [1.29, 1.82) is 0 Å². The van der Waals surface area contributed by atoms with Crippen LogP contribution >= 0.6 is 27.5 Å². The standard InChI is InChI=1S/C15H16BrClN2O3/c16-12-8-11(19-9-10(15(17)21)7-14(19)20)1-2-13(12)18-3-5-22-6-4-18/h1-2,8,10H,3-7,9H2/t10-/m0/s1. The van der Waals surface area contributed by atoms with E-state index in [1.165, 1.54) is 0 Å². The summed E-state index contributed by atoms with van der Waals surface area (Å²) in [5.74, 6) is -0.475. The second-order valence-corrected chi connectivity index (χ2v) is 6.67. The zero-order valence-corrected chi connectivity index (χ0v) is 14.3. The average Bonchev–Trinajstić information content (AvgIpc) is 2.90. The minimum Gasteiger partial charge on any atom is -0.378 e. The van der Waals surface area contributed by atoms with Crippen LogP contribution in [0.25, 0.3) is 0 Å². The number of carbonyl (C=O) groups excluding carboxylic acids is 2. The lowest BCUT2D eigenvalue weighted by Crippen LogP contribution is -2.36. The van der Waals surface area contributed by atoms with Crippen molar-refractivity contribution in [2.75, 3.05) is 42.6 Å². The first-order chi connectivity index (χ1) is 10.6. The zero-order valence-electron chi connectivity index (χ0n) is 11.9. The molecule has 2 heterocycles. The highest BCUT2D eigenvalue weighted by atomic mass is 79.9. The van der Waals surface area contributed by atoms with E-state index in [1.54, 1.807) is 4.90 Å². The third-order valence-electron chi connectivity index (χ3n) is 4.04.